The van der Waals surface area contributed by atoms with Gasteiger partial charge in [0.2, 0.25) is 0 Å². The van der Waals surface area contributed by atoms with Gasteiger partial charge in [0.15, 0.2) is 0 Å². The first-order valence-corrected chi connectivity index (χ1v) is 6.10. The first-order valence-electron chi connectivity index (χ1n) is 5.31. The van der Waals surface area contributed by atoms with Gasteiger partial charge in [0, 0.05) is 25.4 Å². The molecule has 0 spiro atoms. The van der Waals surface area contributed by atoms with E-state index in [9.17, 15) is 0 Å². The number of nitrogens with two attached hydrogens (primary N) is 1. The Morgan fingerprint density at radius 1 is 1.47 bits per heavy atom. The second-order valence-electron chi connectivity index (χ2n) is 3.71. The summed E-state index contributed by atoms with van der Waals surface area (Å²) in [6, 6.07) is 0. The molecule has 2 aromatic heterocycles. The van der Waals surface area contributed by atoms with Gasteiger partial charge >= 0.3 is 0 Å². The highest BCUT2D eigenvalue weighted by atomic mass is 79.9. The molecule has 0 aliphatic heterocycles. The Labute approximate surface area is 108 Å². The predicted octanol–water partition coefficient (Wildman–Crippen LogP) is 2.11. The summed E-state index contributed by atoms with van der Waals surface area (Å²) in [6.07, 6.45) is 6.05. The molecule has 0 saturated carbocycles. The maximum atomic E-state index is 5.76. The van der Waals surface area contributed by atoms with E-state index < -0.39 is 0 Å². The van der Waals surface area contributed by atoms with E-state index in [-0.39, 0.29) is 0 Å². The van der Waals surface area contributed by atoms with Crippen molar-refractivity contribution < 1.29 is 0 Å². The molecule has 2 heterocycles. The number of hydrogen-bond donors (Lipinski definition) is 3. The summed E-state index contributed by atoms with van der Waals surface area (Å²) < 4.78 is 0.914. The molecule has 0 unspecified atom stereocenters. The summed E-state index contributed by atoms with van der Waals surface area (Å²) in [4.78, 5) is 11.5. The van der Waals surface area contributed by atoms with E-state index >= 15 is 0 Å². The highest BCUT2D eigenvalue weighted by Gasteiger charge is 2.06. The Morgan fingerprint density at radius 2 is 2.29 bits per heavy atom. The van der Waals surface area contributed by atoms with Crippen molar-refractivity contribution in [1.82, 2.24) is 15.0 Å². The van der Waals surface area contributed by atoms with Crippen LogP contribution in [0.3, 0.4) is 0 Å². The number of H-pyrrole nitrogens is 1. The lowest BCUT2D eigenvalue weighted by atomic mass is 10.2. The summed E-state index contributed by atoms with van der Waals surface area (Å²) in [5.41, 5.74) is 7.45. The van der Waals surface area contributed by atoms with Crippen molar-refractivity contribution in [2.75, 3.05) is 17.6 Å². The molecule has 17 heavy (non-hydrogen) atoms. The smallest absolute Gasteiger partial charge is 0.140 e. The Hall–Kier alpha value is -1.56. The third-order valence-electron chi connectivity index (χ3n) is 2.51. The maximum absolute atomic E-state index is 5.76. The van der Waals surface area contributed by atoms with E-state index in [0.29, 0.717) is 5.69 Å². The molecule has 0 atom stereocenters. The SMILES string of the molecule is Cc1c(N)cnc(NCCc2ncc[nH]2)c1Br. The molecule has 4 N–H and O–H groups in total. The highest BCUT2D eigenvalue weighted by Crippen LogP contribution is 2.27. The van der Waals surface area contributed by atoms with Crippen LogP contribution in [0.2, 0.25) is 0 Å². The Balaban J connectivity index is 1.97. The second kappa shape index (κ2) is 5.18. The Kier molecular flexibility index (Phi) is 3.63. The number of aromatic amines is 1. The summed E-state index contributed by atoms with van der Waals surface area (Å²) in [5, 5.41) is 3.25. The van der Waals surface area contributed by atoms with Crippen LogP contribution in [0.1, 0.15) is 11.4 Å². The monoisotopic (exact) mass is 295 g/mol. The van der Waals surface area contributed by atoms with Crippen LogP contribution in [0.4, 0.5) is 11.5 Å². The van der Waals surface area contributed by atoms with E-state index in [0.717, 1.165) is 34.6 Å². The molecule has 2 aromatic rings. The van der Waals surface area contributed by atoms with E-state index in [2.05, 4.69) is 36.2 Å². The Morgan fingerprint density at radius 3 is 3.00 bits per heavy atom. The van der Waals surface area contributed by atoms with Gasteiger partial charge in [-0.15, -0.1) is 0 Å². The molecule has 0 bridgehead atoms. The number of pyridine rings is 1. The molecule has 0 fully saturated rings. The zero-order valence-corrected chi connectivity index (χ0v) is 11.1. The predicted molar refractivity (Wildman–Crippen MR) is 71.9 cm³/mol. The topological polar surface area (TPSA) is 79.6 Å². The largest absolute Gasteiger partial charge is 0.397 e. The van der Waals surface area contributed by atoms with Gasteiger partial charge in [-0.05, 0) is 28.4 Å². The van der Waals surface area contributed by atoms with Crippen LogP contribution in [0.25, 0.3) is 0 Å². The average molecular weight is 296 g/mol. The summed E-state index contributed by atoms with van der Waals surface area (Å²) in [7, 11) is 0. The van der Waals surface area contributed by atoms with Gasteiger partial charge in [-0.3, -0.25) is 0 Å². The number of halogens is 1. The molecule has 0 aromatic carbocycles. The van der Waals surface area contributed by atoms with Crippen LogP contribution in [-0.4, -0.2) is 21.5 Å². The average Bonchev–Trinajstić information content (AvgIpc) is 2.82. The zero-order valence-electron chi connectivity index (χ0n) is 9.50. The second-order valence-corrected chi connectivity index (χ2v) is 4.51. The number of aromatic nitrogens is 3. The van der Waals surface area contributed by atoms with Crippen molar-refractivity contribution >= 4 is 27.4 Å². The molecule has 0 amide bonds. The van der Waals surface area contributed by atoms with Crippen molar-refractivity contribution in [1.29, 1.82) is 0 Å². The van der Waals surface area contributed by atoms with Crippen LogP contribution >= 0.6 is 15.9 Å². The van der Waals surface area contributed by atoms with Crippen LogP contribution < -0.4 is 11.1 Å². The summed E-state index contributed by atoms with van der Waals surface area (Å²) >= 11 is 3.48. The third kappa shape index (κ3) is 2.76. The number of hydrogen-bond acceptors (Lipinski definition) is 4. The minimum atomic E-state index is 0.688. The molecule has 5 nitrogen and oxygen atoms in total. The van der Waals surface area contributed by atoms with E-state index in [4.69, 9.17) is 5.73 Å². The fourth-order valence-corrected chi connectivity index (χ4v) is 1.92. The lowest BCUT2D eigenvalue weighted by molar-refractivity contribution is 0.920. The molecular weight excluding hydrogens is 282 g/mol. The zero-order chi connectivity index (χ0) is 12.3. The number of nitrogens with one attached hydrogen (secondary N) is 2. The number of nitrogen functional groups attached to an aromatic ring is 1. The normalized spacial score (nSPS) is 10.5. The minimum absolute atomic E-state index is 0.688. The van der Waals surface area contributed by atoms with Gasteiger partial charge in [-0.2, -0.15) is 0 Å². The molecule has 0 aliphatic rings. The molecule has 0 aliphatic carbocycles. The van der Waals surface area contributed by atoms with Gasteiger partial charge in [-0.1, -0.05) is 0 Å². The van der Waals surface area contributed by atoms with Gasteiger partial charge in [0.1, 0.15) is 11.6 Å². The van der Waals surface area contributed by atoms with Crippen molar-refractivity contribution in [2.24, 2.45) is 0 Å². The molecular formula is C11H14BrN5. The Bertz CT molecular complexity index is 495. The number of rotatable bonds is 4. The van der Waals surface area contributed by atoms with Crippen molar-refractivity contribution in [3.05, 3.63) is 34.5 Å². The van der Waals surface area contributed by atoms with E-state index in [1.54, 1.807) is 12.4 Å². The van der Waals surface area contributed by atoms with Crippen molar-refractivity contribution in [3.8, 4) is 0 Å². The highest BCUT2D eigenvalue weighted by molar-refractivity contribution is 9.10. The number of nitrogens with zero attached hydrogens (tertiary/aromatic N) is 2. The van der Waals surface area contributed by atoms with Crippen LogP contribution in [-0.2, 0) is 6.42 Å². The standard InChI is InChI=1S/C11H14BrN5/c1-7-8(13)6-17-11(10(7)12)16-3-2-9-14-4-5-15-9/h4-6H,2-3,13H2,1H3,(H,14,15)(H,16,17). The van der Waals surface area contributed by atoms with Gasteiger partial charge < -0.3 is 16.0 Å². The van der Waals surface area contributed by atoms with E-state index in [1.807, 2.05) is 13.1 Å². The molecule has 6 heteroatoms. The van der Waals surface area contributed by atoms with Gasteiger partial charge in [0.05, 0.1) is 16.4 Å². The quantitative estimate of drug-likeness (QED) is 0.807. The lowest BCUT2D eigenvalue weighted by Crippen LogP contribution is -2.08. The summed E-state index contributed by atoms with van der Waals surface area (Å²) in [6.45, 7) is 2.72. The molecule has 2 rings (SSSR count). The minimum Gasteiger partial charge on any atom is -0.397 e. The first kappa shape index (κ1) is 11.9. The van der Waals surface area contributed by atoms with Crippen LogP contribution in [0.5, 0.6) is 0 Å². The third-order valence-corrected chi connectivity index (χ3v) is 3.48. The van der Waals surface area contributed by atoms with Gasteiger partial charge in [0.25, 0.3) is 0 Å². The molecule has 0 radical (unpaired) electrons. The lowest BCUT2D eigenvalue weighted by Gasteiger charge is -2.10. The molecule has 90 valence electrons. The van der Waals surface area contributed by atoms with Gasteiger partial charge in [-0.25, -0.2) is 9.97 Å². The van der Waals surface area contributed by atoms with Crippen molar-refractivity contribution in [2.45, 2.75) is 13.3 Å². The van der Waals surface area contributed by atoms with Crippen molar-refractivity contribution in [3.63, 3.8) is 0 Å². The summed E-state index contributed by atoms with van der Waals surface area (Å²) in [5.74, 6) is 1.77. The fraction of sp³-hybridized carbons (Fsp3) is 0.273. The number of anilines is 2. The molecule has 0 saturated heterocycles. The van der Waals surface area contributed by atoms with Crippen LogP contribution in [0, 0.1) is 6.92 Å². The first-order chi connectivity index (χ1) is 8.18. The van der Waals surface area contributed by atoms with E-state index in [1.165, 1.54) is 0 Å². The fourth-order valence-electron chi connectivity index (χ4n) is 1.45. The maximum Gasteiger partial charge on any atom is 0.140 e. The number of imidazole rings is 1. The van der Waals surface area contributed by atoms with Crippen LogP contribution in [0.15, 0.2) is 23.1 Å².